The van der Waals surface area contributed by atoms with Crippen LogP contribution in [0.2, 0.25) is 5.02 Å². The van der Waals surface area contributed by atoms with Crippen molar-refractivity contribution < 1.29 is 22.7 Å². The van der Waals surface area contributed by atoms with E-state index in [4.69, 9.17) is 21.1 Å². The highest BCUT2D eigenvalue weighted by atomic mass is 35.5. The van der Waals surface area contributed by atoms with Gasteiger partial charge >= 0.3 is 0 Å². The van der Waals surface area contributed by atoms with Crippen molar-refractivity contribution in [1.82, 2.24) is 9.62 Å². The zero-order valence-electron chi connectivity index (χ0n) is 18.3. The van der Waals surface area contributed by atoms with Crippen molar-refractivity contribution >= 4 is 27.5 Å². The number of sulfonamides is 1. The van der Waals surface area contributed by atoms with Gasteiger partial charge in [-0.3, -0.25) is 4.79 Å². The molecule has 3 aromatic rings. The summed E-state index contributed by atoms with van der Waals surface area (Å²) in [4.78, 5) is 12.8. The highest BCUT2D eigenvalue weighted by Gasteiger charge is 2.27. The predicted octanol–water partition coefficient (Wildman–Crippen LogP) is 3.86. The maximum absolute atomic E-state index is 13.3. The van der Waals surface area contributed by atoms with Crippen LogP contribution in [-0.2, 0) is 27.9 Å². The predicted molar refractivity (Wildman–Crippen MR) is 127 cm³/mol. The molecule has 0 aliphatic rings. The molecule has 0 saturated heterocycles. The summed E-state index contributed by atoms with van der Waals surface area (Å²) >= 11 is 6.00. The van der Waals surface area contributed by atoms with Crippen molar-refractivity contribution in [2.75, 3.05) is 20.8 Å². The van der Waals surface area contributed by atoms with E-state index in [1.54, 1.807) is 37.4 Å². The maximum atomic E-state index is 13.3. The Kier molecular flexibility index (Phi) is 8.32. The Morgan fingerprint density at radius 2 is 1.64 bits per heavy atom. The largest absolute Gasteiger partial charge is 0.493 e. The van der Waals surface area contributed by atoms with Gasteiger partial charge in [-0.1, -0.05) is 54.1 Å². The fourth-order valence-electron chi connectivity index (χ4n) is 3.20. The summed E-state index contributed by atoms with van der Waals surface area (Å²) in [5.41, 5.74) is 1.55. The van der Waals surface area contributed by atoms with Crippen LogP contribution in [0.4, 0.5) is 0 Å². The third kappa shape index (κ3) is 6.47. The van der Waals surface area contributed by atoms with E-state index in [1.165, 1.54) is 19.2 Å². The van der Waals surface area contributed by atoms with Gasteiger partial charge in [-0.25, -0.2) is 8.42 Å². The van der Waals surface area contributed by atoms with E-state index in [1.807, 2.05) is 30.3 Å². The smallest absolute Gasteiger partial charge is 0.243 e. The second-order valence-corrected chi connectivity index (χ2v) is 9.56. The highest BCUT2D eigenvalue weighted by Crippen LogP contribution is 2.27. The molecule has 0 aliphatic carbocycles. The van der Waals surface area contributed by atoms with E-state index in [0.717, 1.165) is 15.4 Å². The van der Waals surface area contributed by atoms with E-state index >= 15 is 0 Å². The summed E-state index contributed by atoms with van der Waals surface area (Å²) < 4.78 is 38.3. The lowest BCUT2D eigenvalue weighted by atomic mass is 10.2. The number of rotatable bonds is 10. The molecule has 174 valence electrons. The minimum Gasteiger partial charge on any atom is -0.493 e. The minimum absolute atomic E-state index is 0.0265. The Bertz CT molecular complexity index is 1200. The number of benzene rings is 3. The zero-order chi connectivity index (χ0) is 23.8. The van der Waals surface area contributed by atoms with Crippen LogP contribution in [0.5, 0.6) is 11.5 Å². The minimum atomic E-state index is -3.97. The molecule has 0 radical (unpaired) electrons. The second kappa shape index (κ2) is 11.2. The van der Waals surface area contributed by atoms with Crippen LogP contribution in [-0.4, -0.2) is 39.4 Å². The molecule has 0 spiro atoms. The topological polar surface area (TPSA) is 84.9 Å². The van der Waals surface area contributed by atoms with Crippen LogP contribution in [0.3, 0.4) is 0 Å². The van der Waals surface area contributed by atoms with Crippen LogP contribution in [0.15, 0.2) is 77.7 Å². The molecule has 0 unspecified atom stereocenters. The lowest BCUT2D eigenvalue weighted by molar-refractivity contribution is -0.121. The third-order valence-corrected chi connectivity index (χ3v) is 6.92. The maximum Gasteiger partial charge on any atom is 0.243 e. The molecular formula is C24H25ClN2O5S. The SMILES string of the molecule is COc1ccc(CNC(=O)CN(Cc2ccccc2)S(=O)(=O)c2cccc(Cl)c2)cc1OC. The van der Waals surface area contributed by atoms with Crippen molar-refractivity contribution in [3.63, 3.8) is 0 Å². The lowest BCUT2D eigenvalue weighted by Gasteiger charge is -2.22. The fraction of sp³-hybridized carbons (Fsp3) is 0.208. The third-order valence-electron chi connectivity index (χ3n) is 4.89. The quantitative estimate of drug-likeness (QED) is 0.468. The number of hydrogen-bond donors (Lipinski definition) is 1. The molecule has 3 rings (SSSR count). The van der Waals surface area contributed by atoms with Crippen LogP contribution in [0, 0.1) is 0 Å². The molecule has 33 heavy (non-hydrogen) atoms. The summed E-state index contributed by atoms with van der Waals surface area (Å²) in [6, 6.07) is 20.4. The van der Waals surface area contributed by atoms with Gasteiger partial charge in [0.2, 0.25) is 15.9 Å². The van der Waals surface area contributed by atoms with E-state index in [2.05, 4.69) is 5.32 Å². The number of nitrogens with one attached hydrogen (secondary N) is 1. The van der Waals surface area contributed by atoms with E-state index < -0.39 is 15.9 Å². The molecule has 1 N–H and O–H groups in total. The molecule has 0 bridgehead atoms. The van der Waals surface area contributed by atoms with Gasteiger partial charge < -0.3 is 14.8 Å². The van der Waals surface area contributed by atoms with Gasteiger partial charge in [0.15, 0.2) is 11.5 Å². The first-order chi connectivity index (χ1) is 15.8. The molecule has 0 heterocycles. The highest BCUT2D eigenvalue weighted by molar-refractivity contribution is 7.89. The van der Waals surface area contributed by atoms with E-state index in [0.29, 0.717) is 16.5 Å². The summed E-state index contributed by atoms with van der Waals surface area (Å²) in [5.74, 6) is 0.680. The monoisotopic (exact) mass is 488 g/mol. The van der Waals surface area contributed by atoms with E-state index in [9.17, 15) is 13.2 Å². The van der Waals surface area contributed by atoms with Gasteiger partial charge in [0.1, 0.15) is 0 Å². The van der Waals surface area contributed by atoms with Crippen LogP contribution in [0.25, 0.3) is 0 Å². The molecule has 7 nitrogen and oxygen atoms in total. The van der Waals surface area contributed by atoms with Gasteiger partial charge in [0, 0.05) is 18.1 Å². The van der Waals surface area contributed by atoms with Crippen LogP contribution < -0.4 is 14.8 Å². The van der Waals surface area contributed by atoms with Gasteiger partial charge in [0.05, 0.1) is 25.7 Å². The van der Waals surface area contributed by atoms with Crippen molar-refractivity contribution in [2.45, 2.75) is 18.0 Å². The summed E-state index contributed by atoms with van der Waals surface area (Å²) in [6.07, 6.45) is 0. The fourth-order valence-corrected chi connectivity index (χ4v) is 4.88. The standard InChI is InChI=1S/C24H25ClN2O5S/c1-31-22-12-11-19(13-23(22)32-2)15-26-24(28)17-27(16-18-7-4-3-5-8-18)33(29,30)21-10-6-9-20(25)14-21/h3-14H,15-17H2,1-2H3,(H,26,28). The second-order valence-electron chi connectivity index (χ2n) is 7.18. The average Bonchev–Trinajstić information content (AvgIpc) is 2.82. The first kappa shape index (κ1) is 24.6. The van der Waals surface area contributed by atoms with Crippen molar-refractivity contribution in [3.8, 4) is 11.5 Å². The summed E-state index contributed by atoms with van der Waals surface area (Å²) in [5, 5.41) is 3.07. The number of methoxy groups -OCH3 is 2. The molecule has 0 saturated carbocycles. The number of nitrogens with zero attached hydrogens (tertiary/aromatic N) is 1. The summed E-state index contributed by atoms with van der Waals surface area (Å²) in [7, 11) is -0.895. The van der Waals surface area contributed by atoms with Crippen molar-refractivity contribution in [3.05, 3.63) is 88.9 Å². The number of hydrogen-bond acceptors (Lipinski definition) is 5. The molecular weight excluding hydrogens is 464 g/mol. The normalized spacial score (nSPS) is 11.3. The molecule has 3 aromatic carbocycles. The van der Waals surface area contributed by atoms with Gasteiger partial charge in [-0.2, -0.15) is 4.31 Å². The zero-order valence-corrected chi connectivity index (χ0v) is 19.9. The lowest BCUT2D eigenvalue weighted by Crippen LogP contribution is -2.40. The van der Waals surface area contributed by atoms with Gasteiger partial charge in [-0.15, -0.1) is 0 Å². The molecule has 0 atom stereocenters. The number of carbonyl (C=O) groups is 1. The van der Waals surface area contributed by atoms with Crippen LogP contribution >= 0.6 is 11.6 Å². The number of halogens is 1. The van der Waals surface area contributed by atoms with E-state index in [-0.39, 0.29) is 24.5 Å². The van der Waals surface area contributed by atoms with Gasteiger partial charge in [-0.05, 0) is 41.5 Å². The molecule has 0 aromatic heterocycles. The van der Waals surface area contributed by atoms with Gasteiger partial charge in [0.25, 0.3) is 0 Å². The van der Waals surface area contributed by atoms with Crippen molar-refractivity contribution in [1.29, 1.82) is 0 Å². The molecule has 0 aliphatic heterocycles. The number of amides is 1. The Hall–Kier alpha value is -3.07. The number of ether oxygens (including phenoxy) is 2. The first-order valence-electron chi connectivity index (χ1n) is 10.1. The Morgan fingerprint density at radius 3 is 2.30 bits per heavy atom. The number of carbonyl (C=O) groups excluding carboxylic acids is 1. The average molecular weight is 489 g/mol. The Balaban J connectivity index is 1.77. The van der Waals surface area contributed by atoms with Crippen LogP contribution in [0.1, 0.15) is 11.1 Å². The Morgan fingerprint density at radius 1 is 0.909 bits per heavy atom. The van der Waals surface area contributed by atoms with Crippen molar-refractivity contribution in [2.24, 2.45) is 0 Å². The summed E-state index contributed by atoms with van der Waals surface area (Å²) in [6.45, 7) is -0.105. The molecule has 0 fully saturated rings. The Labute approximate surface area is 198 Å². The first-order valence-corrected chi connectivity index (χ1v) is 11.9. The molecule has 1 amide bonds. The molecule has 9 heteroatoms.